The molecule has 158 valence electrons. The van der Waals surface area contributed by atoms with Gasteiger partial charge in [0.2, 0.25) is 11.8 Å². The van der Waals surface area contributed by atoms with Crippen LogP contribution in [0.15, 0.2) is 49.4 Å². The normalized spacial score (nSPS) is 18.4. The van der Waals surface area contributed by atoms with Gasteiger partial charge in [-0.3, -0.25) is 9.59 Å². The molecule has 2 aliphatic heterocycles. The number of likely N-dealkylation sites (tertiary alicyclic amines) is 1. The zero-order valence-corrected chi connectivity index (χ0v) is 17.2. The molecule has 8 heteroatoms. The van der Waals surface area contributed by atoms with Crippen LogP contribution in [0.3, 0.4) is 0 Å². The number of nitrogens with one attached hydrogen (secondary N) is 2. The van der Waals surface area contributed by atoms with Gasteiger partial charge in [0.25, 0.3) is 0 Å². The summed E-state index contributed by atoms with van der Waals surface area (Å²) < 4.78 is 1.95. The van der Waals surface area contributed by atoms with Gasteiger partial charge in [-0.15, -0.1) is 0 Å². The Labute approximate surface area is 180 Å². The SMILES string of the molecule is C=CC(=O)N1CC[C@@H](c2cn3ccnc3c(Nc3ccc4c(c3)NC(=O)CCC4)n2)C1. The number of rotatable bonds is 4. The second kappa shape index (κ2) is 7.86. The first-order valence-electron chi connectivity index (χ1n) is 10.6. The zero-order chi connectivity index (χ0) is 21.4. The molecule has 4 heterocycles. The molecule has 1 fully saturated rings. The fourth-order valence-electron chi connectivity index (χ4n) is 4.34. The third-order valence-electron chi connectivity index (χ3n) is 5.98. The highest BCUT2D eigenvalue weighted by Crippen LogP contribution is 2.31. The smallest absolute Gasteiger partial charge is 0.245 e. The summed E-state index contributed by atoms with van der Waals surface area (Å²) in [5, 5.41) is 6.38. The number of nitrogens with zero attached hydrogens (tertiary/aromatic N) is 4. The number of benzene rings is 1. The van der Waals surface area contributed by atoms with Crippen LogP contribution in [0.4, 0.5) is 17.2 Å². The Morgan fingerprint density at radius 3 is 3.10 bits per heavy atom. The largest absolute Gasteiger partial charge is 0.338 e. The summed E-state index contributed by atoms with van der Waals surface area (Å²) in [6.07, 6.45) is 10.1. The Balaban J connectivity index is 1.45. The standard InChI is InChI=1S/C23H24N6O2/c1-2-21(31)28-10-8-16(13-28)19-14-29-11-9-24-23(29)22(27-19)25-17-7-6-15-4-3-5-20(30)26-18(15)12-17/h2,6-7,9,11-12,14,16H,1,3-5,8,10,13H2,(H,25,27)(H,26,30)/t16-/m1/s1. The molecule has 1 atom stereocenters. The molecule has 2 N–H and O–H groups in total. The van der Waals surface area contributed by atoms with Crippen LogP contribution in [0.2, 0.25) is 0 Å². The Bertz CT molecular complexity index is 1180. The summed E-state index contributed by atoms with van der Waals surface area (Å²) in [5.41, 5.74) is 4.46. The first-order chi connectivity index (χ1) is 15.1. The third kappa shape index (κ3) is 3.76. The van der Waals surface area contributed by atoms with Gasteiger partial charge in [0.1, 0.15) is 0 Å². The van der Waals surface area contributed by atoms with E-state index in [0.29, 0.717) is 25.3 Å². The fraction of sp³-hybridized carbons (Fsp3) is 0.304. The van der Waals surface area contributed by atoms with E-state index in [2.05, 4.69) is 22.2 Å². The van der Waals surface area contributed by atoms with Crippen molar-refractivity contribution < 1.29 is 9.59 Å². The predicted molar refractivity (Wildman–Crippen MR) is 118 cm³/mol. The Morgan fingerprint density at radius 2 is 2.23 bits per heavy atom. The molecule has 0 radical (unpaired) electrons. The van der Waals surface area contributed by atoms with Gasteiger partial charge in [-0.05, 0) is 43.0 Å². The highest BCUT2D eigenvalue weighted by atomic mass is 16.2. The summed E-state index contributed by atoms with van der Waals surface area (Å²) in [4.78, 5) is 35.0. The maximum atomic E-state index is 12.0. The van der Waals surface area contributed by atoms with Crippen molar-refractivity contribution in [2.75, 3.05) is 23.7 Å². The van der Waals surface area contributed by atoms with Crippen molar-refractivity contribution in [1.82, 2.24) is 19.3 Å². The van der Waals surface area contributed by atoms with E-state index in [4.69, 9.17) is 4.98 Å². The zero-order valence-electron chi connectivity index (χ0n) is 17.2. The molecule has 0 spiro atoms. The van der Waals surface area contributed by atoms with Crippen molar-refractivity contribution in [3.05, 3.63) is 60.7 Å². The third-order valence-corrected chi connectivity index (χ3v) is 5.98. The van der Waals surface area contributed by atoms with E-state index in [1.54, 1.807) is 11.1 Å². The lowest BCUT2D eigenvalue weighted by Crippen LogP contribution is -2.26. The average Bonchev–Trinajstić information content (AvgIpc) is 3.40. The van der Waals surface area contributed by atoms with E-state index in [1.165, 1.54) is 6.08 Å². The minimum Gasteiger partial charge on any atom is -0.338 e. The lowest BCUT2D eigenvalue weighted by molar-refractivity contribution is -0.125. The second-order valence-electron chi connectivity index (χ2n) is 8.05. The number of carbonyl (C=O) groups is 2. The van der Waals surface area contributed by atoms with E-state index in [0.717, 1.165) is 47.5 Å². The van der Waals surface area contributed by atoms with Gasteiger partial charge >= 0.3 is 0 Å². The van der Waals surface area contributed by atoms with E-state index < -0.39 is 0 Å². The molecule has 8 nitrogen and oxygen atoms in total. The van der Waals surface area contributed by atoms with Gasteiger partial charge in [0.05, 0.1) is 5.69 Å². The molecule has 5 rings (SSSR count). The number of hydrogen-bond donors (Lipinski definition) is 2. The van der Waals surface area contributed by atoms with Gasteiger partial charge < -0.3 is 19.9 Å². The van der Waals surface area contributed by atoms with Crippen molar-refractivity contribution in [1.29, 1.82) is 0 Å². The molecular weight excluding hydrogens is 392 g/mol. The maximum absolute atomic E-state index is 12.0. The van der Waals surface area contributed by atoms with Crippen LogP contribution in [0.1, 0.15) is 36.4 Å². The molecule has 31 heavy (non-hydrogen) atoms. The molecule has 2 amide bonds. The summed E-state index contributed by atoms with van der Waals surface area (Å²) in [7, 11) is 0. The maximum Gasteiger partial charge on any atom is 0.245 e. The second-order valence-corrected chi connectivity index (χ2v) is 8.05. The number of anilines is 3. The lowest BCUT2D eigenvalue weighted by atomic mass is 10.1. The molecule has 0 aliphatic carbocycles. The van der Waals surface area contributed by atoms with Crippen LogP contribution in [-0.4, -0.2) is 44.2 Å². The van der Waals surface area contributed by atoms with Gasteiger partial charge in [0, 0.05) is 55.4 Å². The first kappa shape index (κ1) is 19.3. The first-order valence-corrected chi connectivity index (χ1v) is 10.6. The average molecular weight is 416 g/mol. The van der Waals surface area contributed by atoms with Crippen LogP contribution in [0.25, 0.3) is 5.65 Å². The summed E-state index contributed by atoms with van der Waals surface area (Å²) in [5.74, 6) is 0.807. The number of hydrogen-bond acceptors (Lipinski definition) is 5. The van der Waals surface area contributed by atoms with Crippen LogP contribution < -0.4 is 10.6 Å². The van der Waals surface area contributed by atoms with Crippen LogP contribution >= 0.6 is 0 Å². The highest BCUT2D eigenvalue weighted by molar-refractivity contribution is 5.93. The number of imidazole rings is 1. The minimum atomic E-state index is -0.0448. The number of carbonyl (C=O) groups excluding carboxylic acids is 2. The van der Waals surface area contributed by atoms with Crippen LogP contribution in [0.5, 0.6) is 0 Å². The van der Waals surface area contributed by atoms with Crippen molar-refractivity contribution in [3.63, 3.8) is 0 Å². The number of fused-ring (bicyclic) bond motifs is 2. The Hall–Kier alpha value is -3.68. The van der Waals surface area contributed by atoms with E-state index in [1.807, 2.05) is 35.0 Å². The van der Waals surface area contributed by atoms with E-state index >= 15 is 0 Å². The number of amides is 2. The minimum absolute atomic E-state index is 0.0448. The highest BCUT2D eigenvalue weighted by Gasteiger charge is 2.28. The van der Waals surface area contributed by atoms with Gasteiger partial charge in [-0.1, -0.05) is 12.6 Å². The van der Waals surface area contributed by atoms with Crippen LogP contribution in [0, 0.1) is 0 Å². The topological polar surface area (TPSA) is 91.6 Å². The Kier molecular flexibility index (Phi) is 4.89. The Morgan fingerprint density at radius 1 is 1.32 bits per heavy atom. The molecule has 0 bridgehead atoms. The fourth-order valence-corrected chi connectivity index (χ4v) is 4.34. The molecule has 0 unspecified atom stereocenters. The summed E-state index contributed by atoms with van der Waals surface area (Å²) >= 11 is 0. The van der Waals surface area contributed by atoms with Gasteiger partial charge in [-0.25, -0.2) is 9.97 Å². The quantitative estimate of drug-likeness (QED) is 0.637. The van der Waals surface area contributed by atoms with Crippen LogP contribution in [-0.2, 0) is 16.0 Å². The van der Waals surface area contributed by atoms with Gasteiger partial charge in [-0.2, -0.15) is 0 Å². The van der Waals surface area contributed by atoms with E-state index in [9.17, 15) is 9.59 Å². The molecule has 0 saturated carbocycles. The van der Waals surface area contributed by atoms with E-state index in [-0.39, 0.29) is 17.7 Å². The lowest BCUT2D eigenvalue weighted by Gasteiger charge is -2.16. The van der Waals surface area contributed by atoms with Crippen molar-refractivity contribution >= 4 is 34.7 Å². The molecule has 1 saturated heterocycles. The van der Waals surface area contributed by atoms with Crippen molar-refractivity contribution in [2.24, 2.45) is 0 Å². The molecule has 1 aromatic carbocycles. The number of aryl methyl sites for hydroxylation is 1. The molecule has 2 aliphatic rings. The predicted octanol–water partition coefficient (Wildman–Crippen LogP) is 3.25. The monoisotopic (exact) mass is 416 g/mol. The summed E-state index contributed by atoms with van der Waals surface area (Å²) in [6.45, 7) is 4.91. The molecule has 3 aromatic rings. The summed E-state index contributed by atoms with van der Waals surface area (Å²) in [6, 6.07) is 6.00. The van der Waals surface area contributed by atoms with Gasteiger partial charge in [0.15, 0.2) is 11.5 Å². The molecule has 2 aromatic heterocycles. The van der Waals surface area contributed by atoms with Crippen molar-refractivity contribution in [2.45, 2.75) is 31.6 Å². The molecular formula is C23H24N6O2. The van der Waals surface area contributed by atoms with Crippen molar-refractivity contribution in [3.8, 4) is 0 Å². The number of aromatic nitrogens is 3.